The highest BCUT2D eigenvalue weighted by molar-refractivity contribution is 5.87. The van der Waals surface area contributed by atoms with E-state index in [1.165, 1.54) is 12.7 Å². The number of methoxy groups -OCH3 is 1. The van der Waals surface area contributed by atoms with Crippen molar-refractivity contribution >= 4 is 11.6 Å². The molecule has 37 heavy (non-hydrogen) atoms. The van der Waals surface area contributed by atoms with E-state index in [4.69, 9.17) is 14.2 Å². The van der Waals surface area contributed by atoms with Gasteiger partial charge in [0, 0.05) is 11.3 Å². The monoisotopic (exact) mass is 496 g/mol. The third kappa shape index (κ3) is 4.78. The van der Waals surface area contributed by atoms with E-state index in [9.17, 15) is 9.90 Å². The lowest BCUT2D eigenvalue weighted by Gasteiger charge is -2.35. The summed E-state index contributed by atoms with van der Waals surface area (Å²) in [6.45, 7) is 4.35. The Kier molecular flexibility index (Phi) is 6.64. The Labute approximate surface area is 215 Å². The van der Waals surface area contributed by atoms with E-state index in [1.807, 2.05) is 61.5 Å². The quantitative estimate of drug-likeness (QED) is 0.340. The van der Waals surface area contributed by atoms with Crippen LogP contribution >= 0.6 is 0 Å². The molecule has 0 spiro atoms. The number of nitrogens with one attached hydrogen (secondary N) is 1. The highest BCUT2D eigenvalue weighted by Gasteiger charge is 2.36. The van der Waals surface area contributed by atoms with Gasteiger partial charge < -0.3 is 19.7 Å². The molecule has 0 radical (unpaired) electrons. The van der Waals surface area contributed by atoms with Crippen molar-refractivity contribution in [3.05, 3.63) is 101 Å². The summed E-state index contributed by atoms with van der Waals surface area (Å²) < 4.78 is 11.0. The van der Waals surface area contributed by atoms with Gasteiger partial charge in [0.05, 0.1) is 25.3 Å². The first-order valence-corrected chi connectivity index (χ1v) is 12.1. The van der Waals surface area contributed by atoms with Crippen molar-refractivity contribution in [1.29, 1.82) is 0 Å². The molecule has 0 aliphatic carbocycles. The Bertz CT molecular complexity index is 1440. The summed E-state index contributed by atoms with van der Waals surface area (Å²) in [6.07, 6.45) is 0.942. The van der Waals surface area contributed by atoms with Crippen LogP contribution in [0.1, 0.15) is 42.5 Å². The van der Waals surface area contributed by atoms with Gasteiger partial charge in [0.1, 0.15) is 0 Å². The molecule has 3 aromatic carbocycles. The van der Waals surface area contributed by atoms with E-state index in [2.05, 4.69) is 17.4 Å². The second kappa shape index (κ2) is 10.2. The molecule has 8 nitrogen and oxygen atoms in total. The molecule has 188 valence electrons. The van der Waals surface area contributed by atoms with E-state index >= 15 is 0 Å². The number of carbonyl (C=O) groups is 1. The van der Waals surface area contributed by atoms with Crippen molar-refractivity contribution in [2.75, 3.05) is 7.11 Å². The molecule has 1 aromatic heterocycles. The van der Waals surface area contributed by atoms with Crippen LogP contribution in [0.2, 0.25) is 0 Å². The molecule has 2 heterocycles. The number of allylic oxidation sites excluding steroid dienone is 1. The molecular formula is C29H28N4O4. The summed E-state index contributed by atoms with van der Waals surface area (Å²) in [5, 5.41) is 17.7. The molecule has 1 aliphatic heterocycles. The van der Waals surface area contributed by atoms with Crippen molar-refractivity contribution in [2.24, 2.45) is 0 Å². The largest absolute Gasteiger partial charge is 0.504 e. The molecule has 0 saturated carbocycles. The molecule has 0 fully saturated rings. The van der Waals surface area contributed by atoms with E-state index < -0.39 is 6.04 Å². The number of hydrogen-bond donors (Lipinski definition) is 2. The number of phenolic OH excluding ortho intramolecular Hbond substituents is 1. The molecule has 5 rings (SSSR count). The van der Waals surface area contributed by atoms with Crippen molar-refractivity contribution < 1.29 is 19.2 Å². The van der Waals surface area contributed by atoms with Gasteiger partial charge in [-0.05, 0) is 42.2 Å². The molecule has 1 unspecified atom stereocenters. The third-order valence-electron chi connectivity index (χ3n) is 6.59. The summed E-state index contributed by atoms with van der Waals surface area (Å²) in [7, 11) is 1.49. The van der Waals surface area contributed by atoms with Crippen molar-refractivity contribution in [3.8, 4) is 22.9 Å². The maximum atomic E-state index is 13.3. The van der Waals surface area contributed by atoms with Crippen molar-refractivity contribution in [3.63, 3.8) is 0 Å². The molecule has 1 atom stereocenters. The first-order valence-electron chi connectivity index (χ1n) is 12.1. The SMILES string of the molecule is CCc1ccc(-c2noc(C3=C(C)N(Cc4ccccc4)C(=O)NC3c3ccc(OC)c(O)c3)n2)cc1. The Hall–Kier alpha value is -4.59. The topological polar surface area (TPSA) is 101 Å². The van der Waals surface area contributed by atoms with E-state index in [0.717, 1.165) is 17.5 Å². The molecular weight excluding hydrogens is 468 g/mol. The number of ether oxygens (including phenoxy) is 1. The number of phenols is 1. The zero-order valence-electron chi connectivity index (χ0n) is 20.9. The summed E-state index contributed by atoms with van der Waals surface area (Å²) >= 11 is 0. The van der Waals surface area contributed by atoms with Gasteiger partial charge in [0.2, 0.25) is 5.82 Å². The zero-order valence-corrected chi connectivity index (χ0v) is 20.9. The van der Waals surface area contributed by atoms with Crippen LogP contribution in [0.25, 0.3) is 17.0 Å². The Balaban J connectivity index is 1.59. The lowest BCUT2D eigenvalue weighted by Crippen LogP contribution is -2.45. The molecule has 2 N–H and O–H groups in total. The fraction of sp³-hybridized carbons (Fsp3) is 0.207. The number of aryl methyl sites for hydroxylation is 1. The van der Waals surface area contributed by atoms with Crippen LogP contribution < -0.4 is 10.1 Å². The number of hydrogen-bond acceptors (Lipinski definition) is 6. The average Bonchev–Trinajstić information content (AvgIpc) is 3.41. The van der Waals surface area contributed by atoms with E-state index in [1.54, 1.807) is 23.1 Å². The first kappa shape index (κ1) is 24.1. The second-order valence-corrected chi connectivity index (χ2v) is 8.86. The maximum absolute atomic E-state index is 13.3. The smallest absolute Gasteiger partial charge is 0.322 e. The standard InChI is InChI=1S/C29H28N4O4/c1-4-19-10-12-21(13-11-19)27-31-28(37-32-27)25-18(2)33(17-20-8-6-5-7-9-20)29(35)30-26(25)22-14-15-24(36-3)23(34)16-22/h5-16,26,34H,4,17H2,1-3H3,(H,30,35). The predicted molar refractivity (Wildman–Crippen MR) is 140 cm³/mol. The highest BCUT2D eigenvalue weighted by atomic mass is 16.5. The molecule has 8 heteroatoms. The van der Waals surface area contributed by atoms with Crippen LogP contribution in [0.15, 0.2) is 83.0 Å². The normalized spacial score (nSPS) is 15.6. The third-order valence-corrected chi connectivity index (χ3v) is 6.59. The van der Waals surface area contributed by atoms with Gasteiger partial charge in [-0.3, -0.25) is 4.90 Å². The Morgan fingerprint density at radius 2 is 1.81 bits per heavy atom. The number of nitrogens with zero attached hydrogens (tertiary/aromatic N) is 3. The van der Waals surface area contributed by atoms with Gasteiger partial charge in [0.15, 0.2) is 11.5 Å². The number of urea groups is 1. The van der Waals surface area contributed by atoms with E-state index in [0.29, 0.717) is 40.8 Å². The highest BCUT2D eigenvalue weighted by Crippen LogP contribution is 2.40. The number of aromatic nitrogens is 2. The van der Waals surface area contributed by atoms with E-state index in [-0.39, 0.29) is 11.8 Å². The van der Waals surface area contributed by atoms with Gasteiger partial charge in [-0.15, -0.1) is 0 Å². The summed E-state index contributed by atoms with van der Waals surface area (Å²) in [5.41, 5.74) is 5.04. The Morgan fingerprint density at radius 1 is 1.05 bits per heavy atom. The van der Waals surface area contributed by atoms with Crippen LogP contribution in [-0.4, -0.2) is 33.3 Å². The summed E-state index contributed by atoms with van der Waals surface area (Å²) in [5.74, 6) is 1.07. The minimum absolute atomic E-state index is 0.0276. The van der Waals surface area contributed by atoms with Crippen LogP contribution in [0, 0.1) is 0 Å². The van der Waals surface area contributed by atoms with Gasteiger partial charge in [-0.2, -0.15) is 4.98 Å². The van der Waals surface area contributed by atoms with Crippen molar-refractivity contribution in [1.82, 2.24) is 20.4 Å². The van der Waals surface area contributed by atoms with Gasteiger partial charge in [-0.1, -0.05) is 72.7 Å². The lowest BCUT2D eigenvalue weighted by atomic mass is 9.94. The van der Waals surface area contributed by atoms with Gasteiger partial charge >= 0.3 is 6.03 Å². The van der Waals surface area contributed by atoms with Gasteiger partial charge in [0.25, 0.3) is 5.89 Å². The Morgan fingerprint density at radius 3 is 2.49 bits per heavy atom. The van der Waals surface area contributed by atoms with Crippen LogP contribution in [0.3, 0.4) is 0 Å². The average molecular weight is 497 g/mol. The number of rotatable bonds is 7. The number of carbonyl (C=O) groups excluding carboxylic acids is 1. The first-order chi connectivity index (χ1) is 18.0. The van der Waals surface area contributed by atoms with Crippen LogP contribution in [0.5, 0.6) is 11.5 Å². The number of amides is 2. The second-order valence-electron chi connectivity index (χ2n) is 8.86. The summed E-state index contributed by atoms with van der Waals surface area (Å²) in [4.78, 5) is 19.7. The fourth-order valence-corrected chi connectivity index (χ4v) is 4.49. The lowest BCUT2D eigenvalue weighted by molar-refractivity contribution is 0.203. The minimum Gasteiger partial charge on any atom is -0.504 e. The number of aromatic hydroxyl groups is 1. The fourth-order valence-electron chi connectivity index (χ4n) is 4.49. The number of benzene rings is 3. The van der Waals surface area contributed by atoms with Crippen LogP contribution in [-0.2, 0) is 13.0 Å². The molecule has 1 aliphatic rings. The van der Waals surface area contributed by atoms with Gasteiger partial charge in [-0.25, -0.2) is 4.79 Å². The van der Waals surface area contributed by atoms with Crippen molar-refractivity contribution in [2.45, 2.75) is 32.9 Å². The van der Waals surface area contributed by atoms with Crippen LogP contribution in [0.4, 0.5) is 4.79 Å². The maximum Gasteiger partial charge on any atom is 0.322 e. The minimum atomic E-state index is -0.618. The zero-order chi connectivity index (χ0) is 25.9. The molecule has 0 saturated heterocycles. The molecule has 0 bridgehead atoms. The summed E-state index contributed by atoms with van der Waals surface area (Å²) in [6, 6.07) is 21.9. The molecule has 2 amide bonds. The predicted octanol–water partition coefficient (Wildman–Crippen LogP) is 5.71. The molecule has 4 aromatic rings.